The van der Waals surface area contributed by atoms with E-state index in [1.807, 2.05) is 0 Å². The molecule has 0 radical (unpaired) electrons. The fourth-order valence-corrected chi connectivity index (χ4v) is 1.81. The van der Waals surface area contributed by atoms with Crippen molar-refractivity contribution in [1.82, 2.24) is 0 Å². The Morgan fingerprint density at radius 1 is 1.25 bits per heavy atom. The van der Waals surface area contributed by atoms with E-state index in [2.05, 4.69) is 10.0 Å². The Balaban J connectivity index is 2.90. The highest BCUT2D eigenvalue weighted by Gasteiger charge is 2.48. The van der Waals surface area contributed by atoms with Crippen molar-refractivity contribution in [3.63, 3.8) is 0 Å². The van der Waals surface area contributed by atoms with Crippen molar-refractivity contribution < 1.29 is 27.4 Å². The number of ether oxygens (including phenoxy) is 2. The van der Waals surface area contributed by atoms with E-state index in [1.54, 1.807) is 18.2 Å². The highest BCUT2D eigenvalue weighted by atomic mass is 19.4. The minimum atomic E-state index is -4.79. The number of rotatable bonds is 6. The van der Waals surface area contributed by atoms with Gasteiger partial charge in [0.05, 0.1) is 11.2 Å². The first kappa shape index (κ1) is 19.8. The van der Waals surface area contributed by atoms with E-state index in [0.29, 0.717) is 0 Å². The fourth-order valence-electron chi connectivity index (χ4n) is 1.81. The zero-order chi connectivity index (χ0) is 18.4. The second-order valence-electron chi connectivity index (χ2n) is 5.93. The number of esters is 1. The van der Waals surface area contributed by atoms with E-state index in [9.17, 15) is 18.0 Å². The van der Waals surface area contributed by atoms with Crippen LogP contribution in [0.4, 0.5) is 13.2 Å². The van der Waals surface area contributed by atoms with Gasteiger partial charge in [0, 0.05) is 4.91 Å². The lowest BCUT2D eigenvalue weighted by Crippen LogP contribution is -2.47. The Morgan fingerprint density at radius 2 is 1.83 bits per heavy atom. The topological polar surface area (TPSA) is 84.3 Å². The van der Waals surface area contributed by atoms with Gasteiger partial charge >= 0.3 is 12.1 Å². The SMILES string of the molecule is CC(C)(C)O[C@@H]([C@H](COC(=O)c1ccccc1)N=[N+]=[N-])C(F)(F)F. The number of carbonyl (C=O) groups is 1. The Kier molecular flexibility index (Phi) is 6.62. The lowest BCUT2D eigenvalue weighted by atomic mass is 10.1. The first-order valence-electron chi connectivity index (χ1n) is 7.05. The third kappa shape index (κ3) is 6.47. The number of nitrogens with zero attached hydrogens (tertiary/aromatic N) is 3. The van der Waals surface area contributed by atoms with Crippen LogP contribution in [0.3, 0.4) is 0 Å². The lowest BCUT2D eigenvalue weighted by Gasteiger charge is -2.32. The lowest BCUT2D eigenvalue weighted by molar-refractivity contribution is -0.253. The van der Waals surface area contributed by atoms with Crippen molar-refractivity contribution in [1.29, 1.82) is 0 Å². The zero-order valence-electron chi connectivity index (χ0n) is 13.4. The molecule has 132 valence electrons. The van der Waals surface area contributed by atoms with Crippen LogP contribution in [0.2, 0.25) is 0 Å². The molecule has 9 heteroatoms. The molecule has 0 aromatic heterocycles. The van der Waals surface area contributed by atoms with Crippen LogP contribution in [0.5, 0.6) is 0 Å². The van der Waals surface area contributed by atoms with E-state index in [4.69, 9.17) is 15.0 Å². The number of hydrogen-bond acceptors (Lipinski definition) is 4. The molecule has 1 aromatic carbocycles. The molecule has 6 nitrogen and oxygen atoms in total. The molecule has 0 spiro atoms. The summed E-state index contributed by atoms with van der Waals surface area (Å²) < 4.78 is 49.5. The number of halogens is 3. The number of benzene rings is 1. The standard InChI is InChI=1S/C15H18F3N3O3/c1-14(2,3)24-12(15(16,17)18)11(20-21-19)9-23-13(22)10-7-5-4-6-8-10/h4-8,11-12H,9H2,1-3H3/t11-,12-/m0/s1. The maximum atomic E-state index is 13.2. The van der Waals surface area contributed by atoms with Gasteiger partial charge in [0.2, 0.25) is 0 Å². The van der Waals surface area contributed by atoms with Crippen LogP contribution in [0.25, 0.3) is 10.4 Å². The predicted octanol–water partition coefficient (Wildman–Crippen LogP) is 4.27. The molecule has 0 aliphatic heterocycles. The quantitative estimate of drug-likeness (QED) is 0.334. The molecular formula is C15H18F3N3O3. The fraction of sp³-hybridized carbons (Fsp3) is 0.533. The summed E-state index contributed by atoms with van der Waals surface area (Å²) >= 11 is 0. The molecule has 0 saturated heterocycles. The van der Waals surface area contributed by atoms with E-state index >= 15 is 0 Å². The van der Waals surface area contributed by atoms with Gasteiger partial charge in [-0.2, -0.15) is 13.2 Å². The summed E-state index contributed by atoms with van der Waals surface area (Å²) in [5.74, 6) is -0.814. The van der Waals surface area contributed by atoms with Gasteiger partial charge < -0.3 is 9.47 Å². The van der Waals surface area contributed by atoms with E-state index < -0.39 is 36.5 Å². The molecule has 0 N–H and O–H groups in total. The van der Waals surface area contributed by atoms with Gasteiger partial charge in [0.25, 0.3) is 0 Å². The molecule has 0 amide bonds. The van der Waals surface area contributed by atoms with Crippen LogP contribution in [0, 0.1) is 0 Å². The summed E-state index contributed by atoms with van der Waals surface area (Å²) in [6, 6.07) is 6.03. The predicted molar refractivity (Wildman–Crippen MR) is 80.3 cm³/mol. The van der Waals surface area contributed by atoms with Crippen LogP contribution in [0.15, 0.2) is 35.4 Å². The molecule has 1 aromatic rings. The Morgan fingerprint density at radius 3 is 2.29 bits per heavy atom. The maximum absolute atomic E-state index is 13.2. The summed E-state index contributed by atoms with van der Waals surface area (Å²) in [6.07, 6.45) is -7.18. The minimum Gasteiger partial charge on any atom is -0.462 e. The molecule has 0 aliphatic carbocycles. The molecule has 0 heterocycles. The average Bonchev–Trinajstić information content (AvgIpc) is 2.48. The van der Waals surface area contributed by atoms with Crippen LogP contribution in [-0.4, -0.2) is 36.5 Å². The van der Waals surface area contributed by atoms with Gasteiger partial charge in [-0.05, 0) is 38.4 Å². The van der Waals surface area contributed by atoms with Crippen molar-refractivity contribution in [2.24, 2.45) is 5.11 Å². The maximum Gasteiger partial charge on any atom is 0.415 e. The molecule has 0 aliphatic rings. The van der Waals surface area contributed by atoms with Crippen molar-refractivity contribution in [3.05, 3.63) is 46.3 Å². The summed E-state index contributed by atoms with van der Waals surface area (Å²) in [7, 11) is 0. The Labute approximate surface area is 137 Å². The zero-order valence-corrected chi connectivity index (χ0v) is 13.4. The van der Waals surface area contributed by atoms with Gasteiger partial charge in [0.15, 0.2) is 6.10 Å². The first-order chi connectivity index (χ1) is 11.0. The summed E-state index contributed by atoms with van der Waals surface area (Å²) in [5.41, 5.74) is 7.57. The number of azide groups is 1. The molecule has 0 bridgehead atoms. The van der Waals surface area contributed by atoms with Crippen molar-refractivity contribution >= 4 is 5.97 Å². The second-order valence-corrected chi connectivity index (χ2v) is 5.93. The van der Waals surface area contributed by atoms with E-state index in [-0.39, 0.29) is 5.56 Å². The van der Waals surface area contributed by atoms with Crippen LogP contribution in [-0.2, 0) is 9.47 Å². The normalized spacial score (nSPS) is 14.4. The van der Waals surface area contributed by atoms with Crippen molar-refractivity contribution in [2.75, 3.05) is 6.61 Å². The molecule has 24 heavy (non-hydrogen) atoms. The van der Waals surface area contributed by atoms with Gasteiger partial charge in [-0.3, -0.25) is 0 Å². The van der Waals surface area contributed by atoms with Gasteiger partial charge in [-0.15, -0.1) is 0 Å². The van der Waals surface area contributed by atoms with Crippen LogP contribution in [0.1, 0.15) is 31.1 Å². The number of carbonyl (C=O) groups excluding carboxylic acids is 1. The summed E-state index contributed by atoms with van der Waals surface area (Å²) in [6.45, 7) is 3.57. The Bertz CT molecular complexity index is 593. The second kappa shape index (κ2) is 8.03. The highest BCUT2D eigenvalue weighted by molar-refractivity contribution is 5.89. The third-order valence-electron chi connectivity index (χ3n) is 2.75. The van der Waals surface area contributed by atoms with Gasteiger partial charge in [-0.1, -0.05) is 23.3 Å². The molecule has 0 saturated carbocycles. The first-order valence-corrected chi connectivity index (χ1v) is 7.05. The summed E-state index contributed by atoms with van der Waals surface area (Å²) in [5, 5.41) is 3.10. The van der Waals surface area contributed by atoms with E-state index in [1.165, 1.54) is 32.9 Å². The third-order valence-corrected chi connectivity index (χ3v) is 2.75. The number of hydrogen-bond donors (Lipinski definition) is 0. The molecule has 0 unspecified atom stereocenters. The molecule has 1 rings (SSSR count). The van der Waals surface area contributed by atoms with Crippen LogP contribution < -0.4 is 0 Å². The average molecular weight is 345 g/mol. The van der Waals surface area contributed by atoms with Gasteiger partial charge in [0.1, 0.15) is 12.6 Å². The van der Waals surface area contributed by atoms with Gasteiger partial charge in [-0.25, -0.2) is 4.79 Å². The smallest absolute Gasteiger partial charge is 0.415 e. The minimum absolute atomic E-state index is 0.178. The highest BCUT2D eigenvalue weighted by Crippen LogP contribution is 2.30. The van der Waals surface area contributed by atoms with Crippen LogP contribution >= 0.6 is 0 Å². The van der Waals surface area contributed by atoms with Crippen molar-refractivity contribution in [2.45, 2.75) is 44.7 Å². The molecule has 2 atom stereocenters. The largest absolute Gasteiger partial charge is 0.462 e. The number of alkyl halides is 3. The van der Waals surface area contributed by atoms with E-state index in [0.717, 1.165) is 0 Å². The summed E-state index contributed by atoms with van der Waals surface area (Å²) in [4.78, 5) is 14.2. The Hall–Kier alpha value is -2.25. The molecule has 0 fully saturated rings. The van der Waals surface area contributed by atoms with Crippen molar-refractivity contribution in [3.8, 4) is 0 Å². The monoisotopic (exact) mass is 345 g/mol. The molecular weight excluding hydrogens is 327 g/mol.